The molecule has 0 amide bonds. The van der Waals surface area contributed by atoms with Crippen LogP contribution in [0.25, 0.3) is 0 Å². The number of hydrogen-bond acceptors (Lipinski definition) is 3. The maximum absolute atomic E-state index is 5.36. The van der Waals surface area contributed by atoms with Gasteiger partial charge >= 0.3 is 0 Å². The molecule has 3 nitrogen and oxygen atoms in total. The van der Waals surface area contributed by atoms with Gasteiger partial charge in [-0.15, -0.1) is 0 Å². The molecule has 16 heavy (non-hydrogen) atoms. The summed E-state index contributed by atoms with van der Waals surface area (Å²) in [5.41, 5.74) is 0. The first-order valence-electron chi connectivity index (χ1n) is 6.22. The molecule has 88 valence electrons. The number of nitrogens with one attached hydrogen (secondary N) is 1. The van der Waals surface area contributed by atoms with Gasteiger partial charge in [0.1, 0.15) is 5.82 Å². The van der Waals surface area contributed by atoms with Gasteiger partial charge in [0.2, 0.25) is 5.88 Å². The van der Waals surface area contributed by atoms with Crippen molar-refractivity contribution in [3.05, 3.63) is 18.2 Å². The summed E-state index contributed by atoms with van der Waals surface area (Å²) in [5.74, 6) is 2.57. The highest BCUT2D eigenvalue weighted by atomic mass is 16.5. The van der Waals surface area contributed by atoms with Crippen LogP contribution in [0, 0.1) is 5.92 Å². The number of anilines is 1. The molecule has 0 radical (unpaired) electrons. The SMILES string of the molecule is CCOc1cccc(NCCC2CCC2)n1. The van der Waals surface area contributed by atoms with E-state index in [0.29, 0.717) is 12.5 Å². The summed E-state index contributed by atoms with van der Waals surface area (Å²) < 4.78 is 5.36. The highest BCUT2D eigenvalue weighted by Gasteiger charge is 2.16. The fourth-order valence-corrected chi connectivity index (χ4v) is 1.93. The second kappa shape index (κ2) is 5.73. The molecule has 1 aliphatic carbocycles. The van der Waals surface area contributed by atoms with Gasteiger partial charge in [0.15, 0.2) is 0 Å². The molecule has 0 bridgehead atoms. The molecule has 0 unspecified atom stereocenters. The van der Waals surface area contributed by atoms with E-state index in [4.69, 9.17) is 4.74 Å². The zero-order valence-electron chi connectivity index (χ0n) is 9.91. The van der Waals surface area contributed by atoms with Crippen LogP contribution in [0.3, 0.4) is 0 Å². The van der Waals surface area contributed by atoms with Crippen LogP contribution in [0.2, 0.25) is 0 Å². The van der Waals surface area contributed by atoms with Gasteiger partial charge in [-0.1, -0.05) is 25.3 Å². The first-order valence-corrected chi connectivity index (χ1v) is 6.22. The van der Waals surface area contributed by atoms with Crippen LogP contribution >= 0.6 is 0 Å². The van der Waals surface area contributed by atoms with Gasteiger partial charge in [-0.05, 0) is 25.3 Å². The van der Waals surface area contributed by atoms with Crippen LogP contribution in [0.4, 0.5) is 5.82 Å². The Balaban J connectivity index is 1.76. The van der Waals surface area contributed by atoms with Gasteiger partial charge in [0.25, 0.3) is 0 Å². The smallest absolute Gasteiger partial charge is 0.215 e. The van der Waals surface area contributed by atoms with Crippen LogP contribution in [0.1, 0.15) is 32.6 Å². The van der Waals surface area contributed by atoms with Crippen molar-refractivity contribution in [1.82, 2.24) is 4.98 Å². The summed E-state index contributed by atoms with van der Waals surface area (Å²) in [5, 5.41) is 3.35. The van der Waals surface area contributed by atoms with Crippen LogP contribution < -0.4 is 10.1 Å². The highest BCUT2D eigenvalue weighted by Crippen LogP contribution is 2.29. The van der Waals surface area contributed by atoms with E-state index in [0.717, 1.165) is 18.3 Å². The Bertz CT molecular complexity index is 323. The van der Waals surface area contributed by atoms with E-state index < -0.39 is 0 Å². The lowest BCUT2D eigenvalue weighted by Gasteiger charge is -2.25. The van der Waals surface area contributed by atoms with E-state index in [9.17, 15) is 0 Å². The van der Waals surface area contributed by atoms with Crippen molar-refractivity contribution >= 4 is 5.82 Å². The zero-order valence-corrected chi connectivity index (χ0v) is 9.91. The Kier molecular flexibility index (Phi) is 4.03. The maximum Gasteiger partial charge on any atom is 0.215 e. The van der Waals surface area contributed by atoms with Crippen molar-refractivity contribution in [2.45, 2.75) is 32.6 Å². The maximum atomic E-state index is 5.36. The van der Waals surface area contributed by atoms with Crippen molar-refractivity contribution < 1.29 is 4.74 Å². The molecule has 1 N–H and O–H groups in total. The lowest BCUT2D eigenvalue weighted by molar-refractivity contribution is 0.302. The average Bonchev–Trinajstić information content (AvgIpc) is 2.23. The second-order valence-corrected chi connectivity index (χ2v) is 4.31. The number of ether oxygens (including phenoxy) is 1. The minimum atomic E-state index is 0.665. The zero-order chi connectivity index (χ0) is 11.2. The minimum Gasteiger partial charge on any atom is -0.478 e. The standard InChI is InChI=1S/C13H20N2O/c1-2-16-13-8-4-7-12(15-13)14-10-9-11-5-3-6-11/h4,7-8,11H,2-3,5-6,9-10H2,1H3,(H,14,15). The molecule has 1 aromatic heterocycles. The van der Waals surface area contributed by atoms with Crippen LogP contribution in [0.15, 0.2) is 18.2 Å². The Morgan fingerprint density at radius 1 is 1.44 bits per heavy atom. The Morgan fingerprint density at radius 3 is 3.00 bits per heavy atom. The summed E-state index contributed by atoms with van der Waals surface area (Å²) in [4.78, 5) is 4.37. The van der Waals surface area contributed by atoms with E-state index >= 15 is 0 Å². The third-order valence-corrected chi connectivity index (χ3v) is 3.10. The second-order valence-electron chi connectivity index (χ2n) is 4.31. The van der Waals surface area contributed by atoms with Gasteiger partial charge < -0.3 is 10.1 Å². The van der Waals surface area contributed by atoms with Crippen molar-refractivity contribution in [2.24, 2.45) is 5.92 Å². The van der Waals surface area contributed by atoms with E-state index in [1.54, 1.807) is 0 Å². The van der Waals surface area contributed by atoms with Gasteiger partial charge in [0.05, 0.1) is 6.61 Å². The molecular weight excluding hydrogens is 200 g/mol. The Hall–Kier alpha value is -1.25. The minimum absolute atomic E-state index is 0.665. The fourth-order valence-electron chi connectivity index (χ4n) is 1.93. The molecule has 1 saturated carbocycles. The molecule has 2 rings (SSSR count). The van der Waals surface area contributed by atoms with E-state index in [2.05, 4.69) is 10.3 Å². The highest BCUT2D eigenvalue weighted by molar-refractivity contribution is 5.36. The van der Waals surface area contributed by atoms with Crippen LogP contribution in [0.5, 0.6) is 5.88 Å². The number of pyridine rings is 1. The number of hydrogen-bond donors (Lipinski definition) is 1. The van der Waals surface area contributed by atoms with Crippen molar-refractivity contribution in [3.8, 4) is 5.88 Å². The predicted octanol–water partition coefficient (Wildman–Crippen LogP) is 3.08. The molecule has 3 heteroatoms. The summed E-state index contributed by atoms with van der Waals surface area (Å²) in [7, 11) is 0. The molecule has 0 atom stereocenters. The lowest BCUT2D eigenvalue weighted by atomic mass is 9.83. The third-order valence-electron chi connectivity index (χ3n) is 3.10. The van der Waals surface area contributed by atoms with Gasteiger partial charge in [-0.2, -0.15) is 4.98 Å². The number of nitrogens with zero attached hydrogens (tertiary/aromatic N) is 1. The molecule has 0 saturated heterocycles. The first-order chi connectivity index (χ1) is 7.88. The van der Waals surface area contributed by atoms with E-state index in [1.807, 2.05) is 25.1 Å². The van der Waals surface area contributed by atoms with Crippen molar-refractivity contribution in [2.75, 3.05) is 18.5 Å². The molecule has 1 fully saturated rings. The van der Waals surface area contributed by atoms with Crippen molar-refractivity contribution in [3.63, 3.8) is 0 Å². The normalized spacial score (nSPS) is 15.6. The topological polar surface area (TPSA) is 34.1 Å². The largest absolute Gasteiger partial charge is 0.478 e. The Morgan fingerprint density at radius 2 is 2.31 bits per heavy atom. The molecule has 0 spiro atoms. The summed E-state index contributed by atoms with van der Waals surface area (Å²) in [6.45, 7) is 3.66. The molecule has 0 aromatic carbocycles. The molecular formula is C13H20N2O. The average molecular weight is 220 g/mol. The van der Waals surface area contributed by atoms with E-state index in [1.165, 1.54) is 25.7 Å². The quantitative estimate of drug-likeness (QED) is 0.800. The molecule has 0 aliphatic heterocycles. The summed E-state index contributed by atoms with van der Waals surface area (Å²) >= 11 is 0. The van der Waals surface area contributed by atoms with Gasteiger partial charge in [0, 0.05) is 12.6 Å². The molecule has 1 aliphatic rings. The fraction of sp³-hybridized carbons (Fsp3) is 0.615. The first kappa shape index (κ1) is 11.2. The summed E-state index contributed by atoms with van der Waals surface area (Å²) in [6, 6.07) is 5.85. The van der Waals surface area contributed by atoms with Crippen LogP contribution in [-0.4, -0.2) is 18.1 Å². The predicted molar refractivity (Wildman–Crippen MR) is 65.9 cm³/mol. The van der Waals surface area contributed by atoms with Crippen molar-refractivity contribution in [1.29, 1.82) is 0 Å². The summed E-state index contributed by atoms with van der Waals surface area (Å²) in [6.07, 6.45) is 5.51. The third kappa shape index (κ3) is 3.12. The van der Waals surface area contributed by atoms with E-state index in [-0.39, 0.29) is 0 Å². The Labute approximate surface area is 97.2 Å². The van der Waals surface area contributed by atoms with Crippen LogP contribution in [-0.2, 0) is 0 Å². The lowest BCUT2D eigenvalue weighted by Crippen LogP contribution is -2.16. The number of aromatic nitrogens is 1. The number of rotatable bonds is 6. The van der Waals surface area contributed by atoms with Gasteiger partial charge in [-0.25, -0.2) is 0 Å². The monoisotopic (exact) mass is 220 g/mol. The van der Waals surface area contributed by atoms with Gasteiger partial charge in [-0.3, -0.25) is 0 Å². The molecule has 1 aromatic rings. The molecule has 1 heterocycles.